The first-order valence-corrected chi connectivity index (χ1v) is 5.71. The molecule has 0 radical (unpaired) electrons. The molecule has 3 rings (SSSR count). The van der Waals surface area contributed by atoms with Crippen molar-refractivity contribution in [2.45, 2.75) is 13.5 Å². The molecule has 18 heavy (non-hydrogen) atoms. The molecule has 2 aliphatic heterocycles. The Bertz CT molecular complexity index is 641. The van der Waals surface area contributed by atoms with Crippen LogP contribution in [0.3, 0.4) is 0 Å². The maximum atomic E-state index is 5.76. The smallest absolute Gasteiger partial charge is 0.165 e. The summed E-state index contributed by atoms with van der Waals surface area (Å²) in [5.41, 5.74) is 8.86. The fraction of sp³-hybridized carbons (Fsp3) is 0.154. The van der Waals surface area contributed by atoms with Gasteiger partial charge in [-0.25, -0.2) is 15.0 Å². The van der Waals surface area contributed by atoms with Crippen molar-refractivity contribution in [1.29, 1.82) is 0 Å². The number of rotatable bonds is 2. The highest BCUT2D eigenvalue weighted by molar-refractivity contribution is 5.64. The number of nitrogen functional groups attached to an aromatic ring is 1. The summed E-state index contributed by atoms with van der Waals surface area (Å²) >= 11 is 0. The van der Waals surface area contributed by atoms with Crippen LogP contribution in [0.25, 0.3) is 11.5 Å². The zero-order valence-electron chi connectivity index (χ0n) is 10.0. The normalized spacial score (nSPS) is 10.9. The van der Waals surface area contributed by atoms with E-state index in [2.05, 4.69) is 46.1 Å². The predicted octanol–water partition coefficient (Wildman–Crippen LogP) is 1.72. The summed E-state index contributed by atoms with van der Waals surface area (Å²) in [5.74, 6) is 1.19. The number of aromatic nitrogens is 4. The molecule has 0 fully saturated rings. The Morgan fingerprint density at radius 3 is 2.67 bits per heavy atom. The lowest BCUT2D eigenvalue weighted by Gasteiger charge is -2.11. The minimum Gasteiger partial charge on any atom is -0.382 e. The molecule has 0 aliphatic carbocycles. The minimum absolute atomic E-state index is 0.419. The molecular formula is C13H13N5. The first kappa shape index (κ1) is 10.7. The van der Waals surface area contributed by atoms with Crippen LogP contribution in [-0.2, 0) is 6.54 Å². The molecule has 2 heterocycles. The minimum atomic E-state index is 0.419. The van der Waals surface area contributed by atoms with Crippen LogP contribution in [0.4, 0.5) is 5.82 Å². The molecular weight excluding hydrogens is 226 g/mol. The van der Waals surface area contributed by atoms with Crippen LogP contribution >= 0.6 is 0 Å². The quantitative estimate of drug-likeness (QED) is 0.739. The number of benzene rings is 1. The second-order valence-corrected chi connectivity index (χ2v) is 4.29. The Morgan fingerprint density at radius 2 is 1.89 bits per heavy atom. The van der Waals surface area contributed by atoms with Gasteiger partial charge in [-0.3, -0.25) is 0 Å². The van der Waals surface area contributed by atoms with Crippen molar-refractivity contribution < 1.29 is 0 Å². The number of aryl methyl sites for hydroxylation is 1. The Balaban J connectivity index is 1.98. The zero-order valence-corrected chi connectivity index (χ0v) is 10.0. The highest BCUT2D eigenvalue weighted by atomic mass is 15.1. The molecule has 0 amide bonds. The fourth-order valence-electron chi connectivity index (χ4n) is 1.90. The SMILES string of the molecule is Cc1ccc(Cn2cnc(N)c3ncnc2-3)cc1. The predicted molar refractivity (Wildman–Crippen MR) is 69.1 cm³/mol. The van der Waals surface area contributed by atoms with Crippen LogP contribution in [0.2, 0.25) is 0 Å². The molecule has 90 valence electrons. The summed E-state index contributed by atoms with van der Waals surface area (Å²) in [7, 11) is 0. The van der Waals surface area contributed by atoms with E-state index >= 15 is 0 Å². The third kappa shape index (κ3) is 1.79. The Labute approximate surface area is 105 Å². The van der Waals surface area contributed by atoms with E-state index in [9.17, 15) is 0 Å². The molecule has 1 aromatic rings. The maximum absolute atomic E-state index is 5.76. The van der Waals surface area contributed by atoms with Gasteiger partial charge in [-0.1, -0.05) is 29.8 Å². The van der Waals surface area contributed by atoms with E-state index in [-0.39, 0.29) is 0 Å². The van der Waals surface area contributed by atoms with E-state index in [1.807, 2.05) is 4.57 Å². The second kappa shape index (κ2) is 4.10. The molecule has 2 aliphatic rings. The monoisotopic (exact) mass is 239 g/mol. The van der Waals surface area contributed by atoms with Crippen LogP contribution in [0.15, 0.2) is 36.9 Å². The van der Waals surface area contributed by atoms with Crippen LogP contribution in [0, 0.1) is 6.92 Å². The zero-order chi connectivity index (χ0) is 12.5. The topological polar surface area (TPSA) is 69.6 Å². The summed E-state index contributed by atoms with van der Waals surface area (Å²) in [6, 6.07) is 8.38. The third-order valence-electron chi connectivity index (χ3n) is 2.90. The van der Waals surface area contributed by atoms with Crippen molar-refractivity contribution in [3.8, 4) is 11.5 Å². The van der Waals surface area contributed by atoms with Crippen molar-refractivity contribution in [3.05, 3.63) is 48.0 Å². The summed E-state index contributed by atoms with van der Waals surface area (Å²) in [6.07, 6.45) is 3.21. The third-order valence-corrected chi connectivity index (χ3v) is 2.90. The average Bonchev–Trinajstić information content (AvgIpc) is 2.86. The first-order chi connectivity index (χ1) is 8.74. The van der Waals surface area contributed by atoms with Gasteiger partial charge in [0.1, 0.15) is 12.0 Å². The van der Waals surface area contributed by atoms with Gasteiger partial charge in [0.2, 0.25) is 0 Å². The van der Waals surface area contributed by atoms with E-state index < -0.39 is 0 Å². The lowest BCUT2D eigenvalue weighted by molar-refractivity contribution is 0.762. The van der Waals surface area contributed by atoms with Crippen molar-refractivity contribution in [2.75, 3.05) is 5.73 Å². The lowest BCUT2D eigenvalue weighted by atomic mass is 10.1. The van der Waals surface area contributed by atoms with Gasteiger partial charge in [-0.2, -0.15) is 0 Å². The molecule has 0 bridgehead atoms. The molecule has 0 atom stereocenters. The molecule has 5 heteroatoms. The van der Waals surface area contributed by atoms with Crippen LogP contribution in [-0.4, -0.2) is 19.5 Å². The molecule has 0 aromatic heterocycles. The van der Waals surface area contributed by atoms with Crippen LogP contribution in [0.5, 0.6) is 0 Å². The first-order valence-electron chi connectivity index (χ1n) is 5.71. The van der Waals surface area contributed by atoms with Gasteiger partial charge in [-0.15, -0.1) is 0 Å². The molecule has 0 spiro atoms. The molecule has 5 nitrogen and oxygen atoms in total. The lowest BCUT2D eigenvalue weighted by Crippen LogP contribution is -2.09. The van der Waals surface area contributed by atoms with Crippen molar-refractivity contribution in [1.82, 2.24) is 19.5 Å². The van der Waals surface area contributed by atoms with Crippen LogP contribution < -0.4 is 5.73 Å². The molecule has 1 aromatic carbocycles. The number of fused-ring (bicyclic) bond motifs is 1. The summed E-state index contributed by atoms with van der Waals surface area (Å²) in [5, 5.41) is 0. The van der Waals surface area contributed by atoms with E-state index in [0.717, 1.165) is 5.82 Å². The van der Waals surface area contributed by atoms with E-state index in [1.165, 1.54) is 17.5 Å². The number of imidazole rings is 1. The molecule has 2 N–H and O–H groups in total. The highest BCUT2D eigenvalue weighted by Gasteiger charge is 2.14. The molecule has 0 saturated heterocycles. The second-order valence-electron chi connectivity index (χ2n) is 4.29. The van der Waals surface area contributed by atoms with Crippen LogP contribution in [0.1, 0.15) is 11.1 Å². The summed E-state index contributed by atoms with van der Waals surface area (Å²) in [4.78, 5) is 12.5. The number of nitrogens with two attached hydrogens (primary N) is 1. The number of hydrogen-bond acceptors (Lipinski definition) is 4. The Morgan fingerprint density at radius 1 is 1.11 bits per heavy atom. The molecule has 0 unspecified atom stereocenters. The number of anilines is 1. The van der Waals surface area contributed by atoms with E-state index in [4.69, 9.17) is 5.73 Å². The van der Waals surface area contributed by atoms with E-state index in [1.54, 1.807) is 6.33 Å². The Kier molecular flexibility index (Phi) is 2.44. The number of hydrogen-bond donors (Lipinski definition) is 1. The standard InChI is InChI=1S/C13H13N5/c1-9-2-4-10(5-3-9)6-18-8-17-12(14)11-13(18)16-7-15-11/h2-5,7-8H,6,14H2,1H3. The number of nitrogens with zero attached hydrogens (tertiary/aromatic N) is 4. The van der Waals surface area contributed by atoms with Gasteiger partial charge in [0.25, 0.3) is 0 Å². The summed E-state index contributed by atoms with van der Waals surface area (Å²) < 4.78 is 1.95. The van der Waals surface area contributed by atoms with Gasteiger partial charge in [0.05, 0.1) is 12.9 Å². The van der Waals surface area contributed by atoms with Gasteiger partial charge >= 0.3 is 0 Å². The van der Waals surface area contributed by atoms with Crippen molar-refractivity contribution >= 4 is 5.82 Å². The van der Waals surface area contributed by atoms with Gasteiger partial charge < -0.3 is 10.3 Å². The maximum Gasteiger partial charge on any atom is 0.165 e. The van der Waals surface area contributed by atoms with Crippen molar-refractivity contribution in [2.24, 2.45) is 0 Å². The summed E-state index contributed by atoms with van der Waals surface area (Å²) in [6.45, 7) is 2.78. The van der Waals surface area contributed by atoms with Gasteiger partial charge in [-0.05, 0) is 12.5 Å². The largest absolute Gasteiger partial charge is 0.382 e. The van der Waals surface area contributed by atoms with E-state index in [0.29, 0.717) is 18.1 Å². The van der Waals surface area contributed by atoms with Gasteiger partial charge in [0, 0.05) is 0 Å². The van der Waals surface area contributed by atoms with Gasteiger partial charge in [0.15, 0.2) is 11.6 Å². The van der Waals surface area contributed by atoms with Crippen molar-refractivity contribution in [3.63, 3.8) is 0 Å². The average molecular weight is 239 g/mol. The Hall–Kier alpha value is -2.43. The fourth-order valence-corrected chi connectivity index (χ4v) is 1.90. The highest BCUT2D eigenvalue weighted by Crippen LogP contribution is 2.22. The molecule has 0 saturated carbocycles.